The van der Waals surface area contributed by atoms with Gasteiger partial charge in [-0.25, -0.2) is 0 Å². The van der Waals surface area contributed by atoms with E-state index in [1.54, 1.807) is 0 Å². The molecule has 0 unspecified atom stereocenters. The topological polar surface area (TPSA) is 61.8 Å². The monoisotopic (exact) mass is 652 g/mol. The Bertz CT molecular complexity index is 1250. The Kier molecular flexibility index (Phi) is 10.5. The summed E-state index contributed by atoms with van der Waals surface area (Å²) in [6.45, 7) is 4.40. The highest BCUT2D eigenvalue weighted by Crippen LogP contribution is 2.40. The summed E-state index contributed by atoms with van der Waals surface area (Å²) in [5.41, 5.74) is 7.17. The quantitative estimate of drug-likeness (QED) is 0.181. The fourth-order valence-electron chi connectivity index (χ4n) is 6.14. The molecule has 1 heterocycles. The van der Waals surface area contributed by atoms with Crippen LogP contribution in [0.3, 0.4) is 0 Å². The average molecular weight is 653 g/mol. The van der Waals surface area contributed by atoms with E-state index in [1.165, 1.54) is 33.1 Å². The summed E-state index contributed by atoms with van der Waals surface area (Å²) in [5.74, 6) is 1.60. The number of nitrogens with one attached hydrogen (secondary N) is 1. The number of ether oxygens (including phenoxy) is 1. The van der Waals surface area contributed by atoms with Gasteiger partial charge < -0.3 is 20.1 Å². The molecule has 2 aliphatic rings. The molecule has 1 amide bonds. The Hall–Kier alpha value is -2.42. The highest BCUT2D eigenvalue weighted by Gasteiger charge is 2.26. The van der Waals surface area contributed by atoms with E-state index in [4.69, 9.17) is 4.74 Å². The molecule has 1 aliphatic heterocycles. The molecule has 5 rings (SSSR count). The van der Waals surface area contributed by atoms with Crippen molar-refractivity contribution in [3.63, 3.8) is 0 Å². The maximum atomic E-state index is 12.6. The number of carbonyl (C=O) groups is 1. The van der Waals surface area contributed by atoms with Crippen LogP contribution >= 0.6 is 22.6 Å². The number of hydrogen-bond donors (Lipinski definition) is 2. The number of fused-ring (bicyclic) bond motifs is 1. The summed E-state index contributed by atoms with van der Waals surface area (Å²) in [5, 5.41) is 12.5. The van der Waals surface area contributed by atoms with Gasteiger partial charge in [-0.3, -0.25) is 4.79 Å². The van der Waals surface area contributed by atoms with E-state index >= 15 is 0 Å². The van der Waals surface area contributed by atoms with E-state index in [0.29, 0.717) is 24.6 Å². The van der Waals surface area contributed by atoms with E-state index in [0.717, 1.165) is 75.0 Å². The molecule has 6 heteroatoms. The number of halogens is 1. The van der Waals surface area contributed by atoms with Crippen LogP contribution in [-0.4, -0.2) is 55.3 Å². The zero-order valence-corrected chi connectivity index (χ0v) is 25.5. The molecule has 3 aromatic rings. The third kappa shape index (κ3) is 7.45. The van der Waals surface area contributed by atoms with Gasteiger partial charge in [0.1, 0.15) is 12.4 Å². The van der Waals surface area contributed by atoms with Crippen molar-refractivity contribution in [1.29, 1.82) is 0 Å². The molecular weight excluding hydrogens is 611 g/mol. The van der Waals surface area contributed by atoms with E-state index < -0.39 is 0 Å². The summed E-state index contributed by atoms with van der Waals surface area (Å²) in [6.07, 6.45) is 9.07. The first kappa shape index (κ1) is 29.1. The predicted molar refractivity (Wildman–Crippen MR) is 170 cm³/mol. The number of nitrogens with zero attached hydrogens (tertiary/aromatic N) is 1. The fraction of sp³-hybridized carbons (Fsp3) is 0.441. The minimum Gasteiger partial charge on any atom is -0.491 e. The maximum absolute atomic E-state index is 12.6. The number of aliphatic hydroxyl groups is 1. The summed E-state index contributed by atoms with van der Waals surface area (Å²) in [7, 11) is 0. The molecule has 0 saturated carbocycles. The van der Waals surface area contributed by atoms with Crippen LogP contribution in [0, 0.1) is 3.57 Å². The van der Waals surface area contributed by atoms with Crippen molar-refractivity contribution in [1.82, 2.24) is 10.2 Å². The van der Waals surface area contributed by atoms with E-state index in [-0.39, 0.29) is 12.5 Å². The SMILES string of the molecule is O=C(NCCCCN1CCC(c2ccc3c(c2OCCO)CCCC3)CC1)c1ccc(-c2ccc(I)cc2)cc1. The second-order valence-electron chi connectivity index (χ2n) is 11.1. The molecule has 5 nitrogen and oxygen atoms in total. The third-order valence-electron chi connectivity index (χ3n) is 8.39. The molecule has 1 saturated heterocycles. The predicted octanol–water partition coefficient (Wildman–Crippen LogP) is 6.60. The van der Waals surface area contributed by atoms with Crippen LogP contribution in [0.25, 0.3) is 11.1 Å². The molecule has 3 aromatic carbocycles. The number of rotatable bonds is 11. The molecule has 0 aromatic heterocycles. The summed E-state index contributed by atoms with van der Waals surface area (Å²) >= 11 is 2.31. The molecule has 0 atom stereocenters. The maximum Gasteiger partial charge on any atom is 0.251 e. The van der Waals surface area contributed by atoms with Crippen LogP contribution in [-0.2, 0) is 12.8 Å². The highest BCUT2D eigenvalue weighted by molar-refractivity contribution is 14.1. The number of benzene rings is 3. The van der Waals surface area contributed by atoms with Crippen molar-refractivity contribution < 1.29 is 14.6 Å². The van der Waals surface area contributed by atoms with Gasteiger partial charge in [0.2, 0.25) is 0 Å². The molecule has 0 spiro atoms. The third-order valence-corrected chi connectivity index (χ3v) is 9.11. The van der Waals surface area contributed by atoms with Crippen molar-refractivity contribution >= 4 is 28.5 Å². The number of carbonyl (C=O) groups excluding carboxylic acids is 1. The number of piperidine rings is 1. The first-order chi connectivity index (χ1) is 19.6. The van der Waals surface area contributed by atoms with Crippen LogP contribution in [0.1, 0.15) is 71.5 Å². The van der Waals surface area contributed by atoms with Gasteiger partial charge in [-0.1, -0.05) is 36.4 Å². The Morgan fingerprint density at radius 1 is 0.925 bits per heavy atom. The van der Waals surface area contributed by atoms with Gasteiger partial charge in [-0.15, -0.1) is 0 Å². The zero-order valence-electron chi connectivity index (χ0n) is 23.3. The number of aryl methyl sites for hydroxylation is 1. The zero-order chi connectivity index (χ0) is 27.7. The van der Waals surface area contributed by atoms with Crippen LogP contribution in [0.4, 0.5) is 0 Å². The minimum atomic E-state index is -0.000699. The summed E-state index contributed by atoms with van der Waals surface area (Å²) < 4.78 is 7.35. The molecule has 0 bridgehead atoms. The number of hydrogen-bond acceptors (Lipinski definition) is 4. The van der Waals surface area contributed by atoms with Crippen molar-refractivity contribution in [2.45, 2.75) is 57.3 Å². The molecule has 1 aliphatic carbocycles. The van der Waals surface area contributed by atoms with Gasteiger partial charge in [0.05, 0.1) is 6.61 Å². The van der Waals surface area contributed by atoms with Crippen molar-refractivity contribution in [2.24, 2.45) is 0 Å². The Labute approximate surface area is 252 Å². The van der Waals surface area contributed by atoms with Crippen LogP contribution in [0.2, 0.25) is 0 Å². The Morgan fingerprint density at radius 3 is 2.35 bits per heavy atom. The number of unbranched alkanes of at least 4 members (excludes halogenated alkanes) is 1. The normalized spacial score (nSPS) is 15.9. The number of likely N-dealkylation sites (tertiary alicyclic amines) is 1. The molecule has 0 radical (unpaired) electrons. The van der Waals surface area contributed by atoms with Crippen LogP contribution < -0.4 is 10.1 Å². The molecular formula is C34H41IN2O3. The van der Waals surface area contributed by atoms with E-state index in [2.05, 4.69) is 69.2 Å². The average Bonchev–Trinajstić information content (AvgIpc) is 3.00. The lowest BCUT2D eigenvalue weighted by molar-refractivity contribution is 0.0952. The second-order valence-corrected chi connectivity index (χ2v) is 12.3. The molecule has 40 heavy (non-hydrogen) atoms. The van der Waals surface area contributed by atoms with Crippen molar-refractivity contribution in [3.05, 3.63) is 86.5 Å². The molecule has 212 valence electrons. The fourth-order valence-corrected chi connectivity index (χ4v) is 6.50. The van der Waals surface area contributed by atoms with Gasteiger partial charge in [0.15, 0.2) is 0 Å². The summed E-state index contributed by atoms with van der Waals surface area (Å²) in [4.78, 5) is 15.2. The van der Waals surface area contributed by atoms with Gasteiger partial charge in [-0.2, -0.15) is 0 Å². The first-order valence-corrected chi connectivity index (χ1v) is 15.9. The minimum absolute atomic E-state index is 0.000699. The second kappa shape index (κ2) is 14.5. The highest BCUT2D eigenvalue weighted by atomic mass is 127. The lowest BCUT2D eigenvalue weighted by Crippen LogP contribution is -2.34. The lowest BCUT2D eigenvalue weighted by Gasteiger charge is -2.34. The van der Waals surface area contributed by atoms with E-state index in [9.17, 15) is 9.90 Å². The molecule has 1 fully saturated rings. The summed E-state index contributed by atoms with van der Waals surface area (Å²) in [6, 6.07) is 20.9. The molecule has 2 N–H and O–H groups in total. The van der Waals surface area contributed by atoms with Crippen molar-refractivity contribution in [3.8, 4) is 16.9 Å². The van der Waals surface area contributed by atoms with Gasteiger partial charge in [-0.05, 0) is 152 Å². The smallest absolute Gasteiger partial charge is 0.251 e. The van der Waals surface area contributed by atoms with Gasteiger partial charge in [0.25, 0.3) is 5.91 Å². The Balaban J connectivity index is 1.03. The van der Waals surface area contributed by atoms with Crippen LogP contribution in [0.15, 0.2) is 60.7 Å². The number of amides is 1. The largest absolute Gasteiger partial charge is 0.491 e. The lowest BCUT2D eigenvalue weighted by atomic mass is 9.83. The van der Waals surface area contributed by atoms with Gasteiger partial charge >= 0.3 is 0 Å². The van der Waals surface area contributed by atoms with E-state index in [1.807, 2.05) is 24.3 Å². The number of aliphatic hydroxyl groups excluding tert-OH is 1. The van der Waals surface area contributed by atoms with Crippen molar-refractivity contribution in [2.75, 3.05) is 39.4 Å². The Morgan fingerprint density at radius 2 is 1.62 bits per heavy atom. The van der Waals surface area contributed by atoms with Crippen LogP contribution in [0.5, 0.6) is 5.75 Å². The standard InChI is InChI=1S/C34H41IN2O3/c35-30-14-11-26(12-15-30)25-7-9-29(10-8-25)34(39)36-19-3-4-20-37-21-17-28(18-22-37)32-16-13-27-5-1-2-6-31(27)33(32)40-24-23-38/h7-16,28,38H,1-6,17-24H2,(H,36,39). The first-order valence-electron chi connectivity index (χ1n) is 14.9. The van der Waals surface area contributed by atoms with Gasteiger partial charge in [0, 0.05) is 15.7 Å².